The number of carboxylic acids is 1. The number of hydrogen-bond acceptors (Lipinski definition) is 5. The lowest BCUT2D eigenvalue weighted by Gasteiger charge is -2.22. The Bertz CT molecular complexity index is 1030. The van der Waals surface area contributed by atoms with Crippen molar-refractivity contribution in [1.82, 2.24) is 5.32 Å². The van der Waals surface area contributed by atoms with Crippen molar-refractivity contribution in [2.24, 2.45) is 17.8 Å². The summed E-state index contributed by atoms with van der Waals surface area (Å²) in [5, 5.41) is 12.3. The van der Waals surface area contributed by atoms with Crippen molar-refractivity contribution in [3.8, 4) is 11.1 Å². The van der Waals surface area contributed by atoms with Gasteiger partial charge in [0.05, 0.1) is 18.4 Å². The number of benzene rings is 2. The monoisotopic (exact) mass is 509 g/mol. The SMILES string of the molecule is CCOC(=O)[C@H](C)C[C@@H](Cc1ccc(-c2ccccc2)cc1)NC(=O)CCC(=O)C[C@H](C(=O)O)C(C)C. The maximum atomic E-state index is 12.7. The number of aliphatic carboxylic acids is 1. The van der Waals surface area contributed by atoms with Crippen molar-refractivity contribution >= 4 is 23.6 Å². The van der Waals surface area contributed by atoms with Crippen LogP contribution in [0.3, 0.4) is 0 Å². The molecule has 0 heterocycles. The molecule has 2 rings (SSSR count). The fourth-order valence-electron chi connectivity index (χ4n) is 4.26. The highest BCUT2D eigenvalue weighted by molar-refractivity contribution is 5.87. The van der Waals surface area contributed by atoms with Gasteiger partial charge in [0.2, 0.25) is 5.91 Å². The molecule has 2 aromatic carbocycles. The zero-order chi connectivity index (χ0) is 27.4. The van der Waals surface area contributed by atoms with Gasteiger partial charge in [-0.05, 0) is 42.4 Å². The van der Waals surface area contributed by atoms with Gasteiger partial charge in [-0.15, -0.1) is 0 Å². The van der Waals surface area contributed by atoms with E-state index in [1.165, 1.54) is 0 Å². The Morgan fingerprint density at radius 2 is 1.51 bits per heavy atom. The normalized spacial score (nSPS) is 13.4. The number of hydrogen-bond donors (Lipinski definition) is 2. The highest BCUT2D eigenvalue weighted by Gasteiger charge is 2.25. The molecule has 2 aromatic rings. The van der Waals surface area contributed by atoms with Crippen LogP contribution in [0.15, 0.2) is 54.6 Å². The summed E-state index contributed by atoms with van der Waals surface area (Å²) in [5.41, 5.74) is 3.21. The Morgan fingerprint density at radius 1 is 0.892 bits per heavy atom. The number of ketones is 1. The molecule has 0 saturated carbocycles. The molecule has 7 nitrogen and oxygen atoms in total. The summed E-state index contributed by atoms with van der Waals surface area (Å²) in [6.07, 6.45) is 0.784. The van der Waals surface area contributed by atoms with E-state index in [1.54, 1.807) is 27.7 Å². The average molecular weight is 510 g/mol. The number of ether oxygens (including phenoxy) is 1. The van der Waals surface area contributed by atoms with Crippen LogP contribution in [0.1, 0.15) is 58.9 Å². The number of esters is 1. The Kier molecular flexibility index (Phi) is 12.0. The van der Waals surface area contributed by atoms with Gasteiger partial charge in [-0.1, -0.05) is 75.4 Å². The molecule has 0 aromatic heterocycles. The molecule has 2 N–H and O–H groups in total. The smallest absolute Gasteiger partial charge is 0.308 e. The molecule has 200 valence electrons. The lowest BCUT2D eigenvalue weighted by atomic mass is 9.90. The first kappa shape index (κ1) is 29.7. The quantitative estimate of drug-likeness (QED) is 0.325. The fraction of sp³-hybridized carbons (Fsp3) is 0.467. The van der Waals surface area contributed by atoms with Gasteiger partial charge in [0.15, 0.2) is 0 Å². The molecule has 0 saturated heterocycles. The standard InChI is InChI=1S/C30H39NO6/c1-5-37-30(36)21(4)17-25(18-22-11-13-24(14-12-22)23-9-7-6-8-10-23)31-28(33)16-15-26(32)19-27(20(2)3)29(34)35/h6-14,20-21,25,27H,5,15-19H2,1-4H3,(H,31,33)(H,34,35)/t21-,25+,27+/m1/s1. The van der Waals surface area contributed by atoms with Crippen LogP contribution in [0.25, 0.3) is 11.1 Å². The number of amides is 1. The summed E-state index contributed by atoms with van der Waals surface area (Å²) in [5.74, 6) is -3.19. The highest BCUT2D eigenvalue weighted by Crippen LogP contribution is 2.21. The molecule has 0 aliphatic carbocycles. The average Bonchev–Trinajstić information content (AvgIpc) is 2.86. The molecule has 7 heteroatoms. The van der Waals surface area contributed by atoms with Crippen molar-refractivity contribution in [1.29, 1.82) is 0 Å². The molecule has 0 aliphatic rings. The van der Waals surface area contributed by atoms with Crippen molar-refractivity contribution in [3.05, 3.63) is 60.2 Å². The first-order valence-corrected chi connectivity index (χ1v) is 13.0. The molecular formula is C30H39NO6. The summed E-state index contributed by atoms with van der Waals surface area (Å²) in [4.78, 5) is 48.6. The zero-order valence-electron chi connectivity index (χ0n) is 22.2. The van der Waals surface area contributed by atoms with Crippen molar-refractivity contribution < 1.29 is 29.0 Å². The minimum absolute atomic E-state index is 0.0196. The van der Waals surface area contributed by atoms with Crippen LogP contribution in [0.5, 0.6) is 0 Å². The first-order valence-electron chi connectivity index (χ1n) is 13.0. The van der Waals surface area contributed by atoms with Gasteiger partial charge in [0, 0.05) is 25.3 Å². The number of carboxylic acid groups (broad SMARTS) is 1. The Hall–Kier alpha value is -3.48. The van der Waals surface area contributed by atoms with E-state index in [1.807, 2.05) is 54.6 Å². The summed E-state index contributed by atoms with van der Waals surface area (Å²) in [6, 6.07) is 17.8. The minimum Gasteiger partial charge on any atom is -0.481 e. The van der Waals surface area contributed by atoms with Crippen LogP contribution >= 0.6 is 0 Å². The van der Waals surface area contributed by atoms with Crippen LogP contribution < -0.4 is 5.32 Å². The number of carbonyl (C=O) groups is 4. The Labute approximate surface area is 219 Å². The van der Waals surface area contributed by atoms with Crippen LogP contribution in [-0.4, -0.2) is 41.4 Å². The molecule has 0 spiro atoms. The lowest BCUT2D eigenvalue weighted by Crippen LogP contribution is -2.39. The van der Waals surface area contributed by atoms with E-state index in [2.05, 4.69) is 5.32 Å². The molecule has 0 bridgehead atoms. The van der Waals surface area contributed by atoms with Crippen molar-refractivity contribution in [3.63, 3.8) is 0 Å². The van der Waals surface area contributed by atoms with Crippen LogP contribution in [0.2, 0.25) is 0 Å². The maximum absolute atomic E-state index is 12.7. The number of carbonyl (C=O) groups excluding carboxylic acids is 3. The molecule has 1 amide bonds. The summed E-state index contributed by atoms with van der Waals surface area (Å²) in [7, 11) is 0. The van der Waals surface area contributed by atoms with Gasteiger partial charge >= 0.3 is 11.9 Å². The highest BCUT2D eigenvalue weighted by atomic mass is 16.5. The number of rotatable bonds is 15. The van der Waals surface area contributed by atoms with E-state index in [4.69, 9.17) is 4.74 Å². The van der Waals surface area contributed by atoms with Gasteiger partial charge in [0.25, 0.3) is 0 Å². The predicted molar refractivity (Wildman–Crippen MR) is 143 cm³/mol. The molecule has 0 aliphatic heterocycles. The van der Waals surface area contributed by atoms with Crippen LogP contribution in [0.4, 0.5) is 0 Å². The van der Waals surface area contributed by atoms with E-state index in [0.717, 1.165) is 16.7 Å². The van der Waals surface area contributed by atoms with Crippen LogP contribution in [0, 0.1) is 17.8 Å². The second-order valence-corrected chi connectivity index (χ2v) is 9.85. The van der Waals surface area contributed by atoms with Crippen molar-refractivity contribution in [2.75, 3.05) is 6.61 Å². The summed E-state index contributed by atoms with van der Waals surface area (Å²) >= 11 is 0. The predicted octanol–water partition coefficient (Wildman–Crippen LogP) is 5.07. The largest absolute Gasteiger partial charge is 0.481 e. The fourth-order valence-corrected chi connectivity index (χ4v) is 4.26. The zero-order valence-corrected chi connectivity index (χ0v) is 22.2. The third-order valence-electron chi connectivity index (χ3n) is 6.44. The first-order chi connectivity index (χ1) is 17.6. The lowest BCUT2D eigenvalue weighted by molar-refractivity contribution is -0.148. The summed E-state index contributed by atoms with van der Waals surface area (Å²) < 4.78 is 5.13. The van der Waals surface area contributed by atoms with Gasteiger partial charge in [0.1, 0.15) is 5.78 Å². The summed E-state index contributed by atoms with van der Waals surface area (Å²) in [6.45, 7) is 7.35. The molecule has 37 heavy (non-hydrogen) atoms. The third kappa shape index (κ3) is 10.2. The van der Waals surface area contributed by atoms with E-state index in [-0.39, 0.29) is 55.5 Å². The van der Waals surface area contributed by atoms with E-state index >= 15 is 0 Å². The van der Waals surface area contributed by atoms with E-state index in [9.17, 15) is 24.3 Å². The van der Waals surface area contributed by atoms with E-state index < -0.39 is 17.8 Å². The molecule has 0 radical (unpaired) electrons. The maximum Gasteiger partial charge on any atom is 0.308 e. The second-order valence-electron chi connectivity index (χ2n) is 9.85. The molecule has 3 atom stereocenters. The van der Waals surface area contributed by atoms with E-state index in [0.29, 0.717) is 12.8 Å². The number of Topliss-reactive ketones (excluding diaryl/α,β-unsaturated/α-hetero) is 1. The Morgan fingerprint density at radius 3 is 2.08 bits per heavy atom. The van der Waals surface area contributed by atoms with Crippen LogP contribution in [-0.2, 0) is 30.3 Å². The van der Waals surface area contributed by atoms with Gasteiger partial charge < -0.3 is 15.2 Å². The van der Waals surface area contributed by atoms with Gasteiger partial charge in [-0.3, -0.25) is 19.2 Å². The third-order valence-corrected chi connectivity index (χ3v) is 6.44. The minimum atomic E-state index is -1.00. The van der Waals surface area contributed by atoms with Gasteiger partial charge in [-0.2, -0.15) is 0 Å². The topological polar surface area (TPSA) is 110 Å². The Balaban J connectivity index is 2.03. The number of nitrogens with one attached hydrogen (secondary N) is 1. The van der Waals surface area contributed by atoms with Crippen molar-refractivity contribution in [2.45, 2.75) is 65.8 Å². The van der Waals surface area contributed by atoms with Gasteiger partial charge in [-0.25, -0.2) is 0 Å². The second kappa shape index (κ2) is 14.9. The molecule has 0 fully saturated rings. The molecule has 0 unspecified atom stereocenters. The molecular weight excluding hydrogens is 470 g/mol.